The number of fused-ring (bicyclic) bond motifs is 1. The Morgan fingerprint density at radius 3 is 2.88 bits per heavy atom. The van der Waals surface area contributed by atoms with E-state index >= 15 is 0 Å². The number of hydrogen-bond acceptors (Lipinski definition) is 2. The van der Waals surface area contributed by atoms with Gasteiger partial charge in [-0.25, -0.2) is 14.3 Å². The highest BCUT2D eigenvalue weighted by Crippen LogP contribution is 2.26. The number of aryl methyl sites for hydroxylation is 1. The maximum Gasteiger partial charge on any atom is 0.418 e. The molecule has 1 heterocycles. The van der Waals surface area contributed by atoms with Gasteiger partial charge in [-0.1, -0.05) is 22.0 Å². The number of halogens is 2. The molecule has 0 unspecified atom stereocenters. The van der Waals surface area contributed by atoms with Gasteiger partial charge < -0.3 is 5.11 Å². The standard InChI is InChI=1S/C10H8BrClN2O2/c1-5-2-3-7-8(6(5)4-11)13-9(12)14(7)10(15)16/h2-3H,4H2,1H3,(H,15,16). The second kappa shape index (κ2) is 4.07. The summed E-state index contributed by atoms with van der Waals surface area (Å²) in [5.74, 6) is 0. The van der Waals surface area contributed by atoms with Gasteiger partial charge in [0.05, 0.1) is 11.0 Å². The van der Waals surface area contributed by atoms with Crippen molar-refractivity contribution in [3.8, 4) is 0 Å². The van der Waals surface area contributed by atoms with Crippen LogP contribution in [0, 0.1) is 6.92 Å². The van der Waals surface area contributed by atoms with Gasteiger partial charge in [0, 0.05) is 5.33 Å². The molecular weight excluding hydrogens is 295 g/mol. The van der Waals surface area contributed by atoms with Crippen LogP contribution in [0.2, 0.25) is 5.28 Å². The minimum Gasteiger partial charge on any atom is -0.464 e. The number of carboxylic acid groups (broad SMARTS) is 1. The number of benzene rings is 1. The van der Waals surface area contributed by atoms with Crippen LogP contribution in [0.4, 0.5) is 4.79 Å². The molecule has 0 spiro atoms. The summed E-state index contributed by atoms with van der Waals surface area (Å²) >= 11 is 9.16. The molecule has 0 radical (unpaired) electrons. The molecule has 16 heavy (non-hydrogen) atoms. The van der Waals surface area contributed by atoms with E-state index in [9.17, 15) is 4.79 Å². The van der Waals surface area contributed by atoms with Crippen molar-refractivity contribution in [1.82, 2.24) is 9.55 Å². The maximum absolute atomic E-state index is 11.0. The second-order valence-electron chi connectivity index (χ2n) is 3.36. The van der Waals surface area contributed by atoms with Crippen molar-refractivity contribution in [2.75, 3.05) is 0 Å². The molecule has 1 aromatic carbocycles. The molecule has 6 heteroatoms. The first-order valence-corrected chi connectivity index (χ1v) is 6.02. The monoisotopic (exact) mass is 302 g/mol. The molecule has 2 rings (SSSR count). The molecule has 0 bridgehead atoms. The molecule has 0 atom stereocenters. The van der Waals surface area contributed by atoms with Gasteiger partial charge in [0.2, 0.25) is 5.28 Å². The second-order valence-corrected chi connectivity index (χ2v) is 4.26. The van der Waals surface area contributed by atoms with Crippen LogP contribution in [0.1, 0.15) is 11.1 Å². The first-order valence-electron chi connectivity index (χ1n) is 4.52. The van der Waals surface area contributed by atoms with Gasteiger partial charge in [0.25, 0.3) is 0 Å². The van der Waals surface area contributed by atoms with E-state index in [1.165, 1.54) is 0 Å². The van der Waals surface area contributed by atoms with E-state index in [0.717, 1.165) is 15.7 Å². The van der Waals surface area contributed by atoms with Gasteiger partial charge in [-0.15, -0.1) is 0 Å². The summed E-state index contributed by atoms with van der Waals surface area (Å²) in [5, 5.41) is 9.59. The van der Waals surface area contributed by atoms with Crippen LogP contribution in [0.15, 0.2) is 12.1 Å². The fourth-order valence-corrected chi connectivity index (χ4v) is 2.58. The van der Waals surface area contributed by atoms with Crippen molar-refractivity contribution in [2.24, 2.45) is 0 Å². The Labute approximate surface area is 105 Å². The van der Waals surface area contributed by atoms with Crippen molar-refractivity contribution >= 4 is 44.7 Å². The summed E-state index contributed by atoms with van der Waals surface area (Å²) in [7, 11) is 0. The molecule has 4 nitrogen and oxygen atoms in total. The number of hydrogen-bond donors (Lipinski definition) is 1. The predicted octanol–water partition coefficient (Wildman–Crippen LogP) is 3.42. The fraction of sp³-hybridized carbons (Fsp3) is 0.200. The van der Waals surface area contributed by atoms with Gasteiger partial charge in [0.1, 0.15) is 0 Å². The third-order valence-electron chi connectivity index (χ3n) is 2.45. The highest BCUT2D eigenvalue weighted by Gasteiger charge is 2.17. The van der Waals surface area contributed by atoms with Gasteiger partial charge in [-0.05, 0) is 35.7 Å². The number of alkyl halides is 1. The molecular formula is C10H8BrClN2O2. The zero-order valence-electron chi connectivity index (χ0n) is 8.37. The van der Waals surface area contributed by atoms with Gasteiger partial charge in [-0.2, -0.15) is 0 Å². The van der Waals surface area contributed by atoms with Crippen LogP contribution in [-0.2, 0) is 5.33 Å². The number of rotatable bonds is 1. The van der Waals surface area contributed by atoms with E-state index < -0.39 is 6.09 Å². The first kappa shape index (κ1) is 11.4. The Hall–Kier alpha value is -1.07. The first-order chi connectivity index (χ1) is 7.56. The van der Waals surface area contributed by atoms with Crippen LogP contribution in [0.3, 0.4) is 0 Å². The molecule has 0 saturated carbocycles. The highest BCUT2D eigenvalue weighted by molar-refractivity contribution is 9.08. The quantitative estimate of drug-likeness (QED) is 0.821. The zero-order chi connectivity index (χ0) is 11.9. The van der Waals surface area contributed by atoms with E-state index in [-0.39, 0.29) is 5.28 Å². The molecule has 0 aliphatic rings. The highest BCUT2D eigenvalue weighted by atomic mass is 79.9. The van der Waals surface area contributed by atoms with Crippen molar-refractivity contribution in [1.29, 1.82) is 0 Å². The summed E-state index contributed by atoms with van der Waals surface area (Å²) in [5.41, 5.74) is 3.15. The topological polar surface area (TPSA) is 55.1 Å². The van der Waals surface area contributed by atoms with Crippen molar-refractivity contribution in [3.63, 3.8) is 0 Å². The number of aromatic nitrogens is 2. The van der Waals surface area contributed by atoms with Gasteiger partial charge >= 0.3 is 6.09 Å². The predicted molar refractivity (Wildman–Crippen MR) is 65.5 cm³/mol. The number of nitrogens with zero attached hydrogens (tertiary/aromatic N) is 2. The average Bonchev–Trinajstić information content (AvgIpc) is 2.54. The smallest absolute Gasteiger partial charge is 0.418 e. The van der Waals surface area contributed by atoms with Gasteiger partial charge in [-0.3, -0.25) is 0 Å². The molecule has 84 valence electrons. The van der Waals surface area contributed by atoms with E-state index in [2.05, 4.69) is 20.9 Å². The van der Waals surface area contributed by atoms with Crippen LogP contribution >= 0.6 is 27.5 Å². The Morgan fingerprint density at radius 2 is 2.31 bits per heavy atom. The van der Waals surface area contributed by atoms with Crippen LogP contribution in [0.5, 0.6) is 0 Å². The average molecular weight is 304 g/mol. The fourth-order valence-electron chi connectivity index (χ4n) is 1.62. The van der Waals surface area contributed by atoms with Crippen molar-refractivity contribution in [2.45, 2.75) is 12.3 Å². The molecule has 0 amide bonds. The summed E-state index contributed by atoms with van der Waals surface area (Å²) in [6, 6.07) is 3.57. The molecule has 0 fully saturated rings. The summed E-state index contributed by atoms with van der Waals surface area (Å²) in [4.78, 5) is 15.1. The minimum atomic E-state index is -1.13. The minimum absolute atomic E-state index is 0.0321. The Balaban J connectivity index is 2.88. The molecule has 0 aliphatic carbocycles. The Kier molecular flexibility index (Phi) is 2.90. The third-order valence-corrected chi connectivity index (χ3v) is 3.26. The van der Waals surface area contributed by atoms with Crippen molar-refractivity contribution < 1.29 is 9.90 Å². The normalized spacial score (nSPS) is 10.9. The Morgan fingerprint density at radius 1 is 1.62 bits per heavy atom. The lowest BCUT2D eigenvalue weighted by Gasteiger charge is -2.03. The Bertz CT molecular complexity index is 580. The van der Waals surface area contributed by atoms with Crippen LogP contribution in [-0.4, -0.2) is 20.8 Å². The summed E-state index contributed by atoms with van der Waals surface area (Å²) in [6.07, 6.45) is -1.13. The summed E-state index contributed by atoms with van der Waals surface area (Å²) in [6.45, 7) is 1.95. The number of carbonyl (C=O) groups is 1. The van der Waals surface area contributed by atoms with E-state index in [0.29, 0.717) is 16.4 Å². The lowest BCUT2D eigenvalue weighted by atomic mass is 10.1. The van der Waals surface area contributed by atoms with Crippen LogP contribution < -0.4 is 0 Å². The van der Waals surface area contributed by atoms with E-state index in [1.807, 2.05) is 13.0 Å². The van der Waals surface area contributed by atoms with Gasteiger partial charge in [0.15, 0.2) is 0 Å². The molecule has 1 aromatic heterocycles. The largest absolute Gasteiger partial charge is 0.464 e. The van der Waals surface area contributed by atoms with E-state index in [4.69, 9.17) is 16.7 Å². The lowest BCUT2D eigenvalue weighted by molar-refractivity contribution is 0.197. The lowest BCUT2D eigenvalue weighted by Crippen LogP contribution is -2.07. The molecule has 0 saturated heterocycles. The zero-order valence-corrected chi connectivity index (χ0v) is 10.7. The van der Waals surface area contributed by atoms with Crippen molar-refractivity contribution in [3.05, 3.63) is 28.5 Å². The molecule has 2 aromatic rings. The maximum atomic E-state index is 11.0. The SMILES string of the molecule is Cc1ccc2c(nc(Cl)n2C(=O)O)c1CBr. The van der Waals surface area contributed by atoms with Crippen LogP contribution in [0.25, 0.3) is 11.0 Å². The third kappa shape index (κ3) is 1.60. The summed E-state index contributed by atoms with van der Waals surface area (Å²) < 4.78 is 0.975. The molecule has 1 N–H and O–H groups in total. The van der Waals surface area contributed by atoms with E-state index in [1.54, 1.807) is 6.07 Å². The number of imidazole rings is 1. The molecule has 0 aliphatic heterocycles.